The number of carbonyl (C=O) groups excluding carboxylic acids is 1. The highest BCUT2D eigenvalue weighted by molar-refractivity contribution is 14.1. The number of aromatic nitrogens is 2. The Balaban J connectivity index is 2.19. The second-order valence-electron chi connectivity index (χ2n) is 6.75. The van der Waals surface area contributed by atoms with Crippen molar-refractivity contribution in [3.05, 3.63) is 15.2 Å². The van der Waals surface area contributed by atoms with Gasteiger partial charge in [-0.15, -0.1) is 0 Å². The Morgan fingerprint density at radius 1 is 1.48 bits per heavy atom. The molecule has 1 unspecified atom stereocenters. The van der Waals surface area contributed by atoms with E-state index >= 15 is 0 Å². The maximum atomic E-state index is 12.2. The fraction of sp³-hybridized carbons (Fsp3) is 0.733. The Hall–Kier alpha value is -0.790. The van der Waals surface area contributed by atoms with Crippen molar-refractivity contribution in [1.82, 2.24) is 14.5 Å². The maximum absolute atomic E-state index is 12.2. The molecule has 1 heterocycles. The molecule has 0 bridgehead atoms. The van der Waals surface area contributed by atoms with E-state index in [1.54, 1.807) is 11.9 Å². The quantitative estimate of drug-likeness (QED) is 0.719. The van der Waals surface area contributed by atoms with Crippen LogP contribution in [0.2, 0.25) is 0 Å². The fourth-order valence-corrected chi connectivity index (χ4v) is 3.39. The molecule has 0 spiro atoms. The van der Waals surface area contributed by atoms with Crippen LogP contribution in [-0.4, -0.2) is 33.2 Å². The predicted octanol–water partition coefficient (Wildman–Crippen LogP) is 3.83. The highest BCUT2D eigenvalue weighted by Gasteiger charge is 2.33. The molecular weight excluding hydrogens is 381 g/mol. The summed E-state index contributed by atoms with van der Waals surface area (Å²) in [6, 6.07) is -0.0725. The van der Waals surface area contributed by atoms with Crippen LogP contribution in [0, 0.1) is 3.70 Å². The first-order valence-electron chi connectivity index (χ1n) is 7.29. The number of amides is 1. The van der Waals surface area contributed by atoms with Crippen LogP contribution < -0.4 is 0 Å². The third kappa shape index (κ3) is 3.70. The van der Waals surface area contributed by atoms with E-state index in [1.807, 2.05) is 34.7 Å². The Bertz CT molecular complexity index is 544. The predicted molar refractivity (Wildman–Crippen MR) is 90.3 cm³/mol. The minimum Gasteiger partial charge on any atom is -0.444 e. The first-order valence-corrected chi connectivity index (χ1v) is 8.37. The van der Waals surface area contributed by atoms with Crippen LogP contribution in [0.25, 0.3) is 0 Å². The molecule has 1 saturated carbocycles. The van der Waals surface area contributed by atoms with Crippen LogP contribution >= 0.6 is 22.6 Å². The van der Waals surface area contributed by atoms with E-state index in [2.05, 4.69) is 32.1 Å². The molecule has 21 heavy (non-hydrogen) atoms. The molecule has 0 saturated heterocycles. The fourth-order valence-electron chi connectivity index (χ4n) is 2.33. The molecule has 0 radical (unpaired) electrons. The lowest BCUT2D eigenvalue weighted by Crippen LogP contribution is -2.36. The molecule has 0 aromatic carbocycles. The van der Waals surface area contributed by atoms with E-state index < -0.39 is 5.60 Å². The monoisotopic (exact) mass is 405 g/mol. The molecule has 118 valence electrons. The van der Waals surface area contributed by atoms with E-state index in [0.29, 0.717) is 5.92 Å². The van der Waals surface area contributed by atoms with Gasteiger partial charge in [0.25, 0.3) is 0 Å². The van der Waals surface area contributed by atoms with Crippen molar-refractivity contribution in [2.24, 2.45) is 7.05 Å². The standard InChI is InChI=1S/C15H24IN3O2/c1-9(18(5)14(20)21-15(2,3)4)11-12(16)17-13(19(11)6)10-7-8-10/h9-10H,7-8H2,1-6H3. The summed E-state index contributed by atoms with van der Waals surface area (Å²) in [5.74, 6) is 1.73. The maximum Gasteiger partial charge on any atom is 0.410 e. The minimum atomic E-state index is -0.482. The smallest absolute Gasteiger partial charge is 0.410 e. The molecule has 6 heteroatoms. The molecule has 1 amide bonds. The van der Waals surface area contributed by atoms with Crippen molar-refractivity contribution in [2.45, 2.75) is 58.1 Å². The molecule has 1 fully saturated rings. The van der Waals surface area contributed by atoms with Crippen LogP contribution in [0.5, 0.6) is 0 Å². The lowest BCUT2D eigenvalue weighted by molar-refractivity contribution is 0.0228. The summed E-state index contributed by atoms with van der Waals surface area (Å²) >= 11 is 2.26. The first-order chi connectivity index (χ1) is 9.61. The Morgan fingerprint density at radius 3 is 2.52 bits per heavy atom. The van der Waals surface area contributed by atoms with Gasteiger partial charge >= 0.3 is 6.09 Å². The van der Waals surface area contributed by atoms with Crippen LogP contribution in [-0.2, 0) is 11.8 Å². The summed E-state index contributed by atoms with van der Waals surface area (Å²) in [5, 5.41) is 0. The number of halogens is 1. The second kappa shape index (κ2) is 5.78. The summed E-state index contributed by atoms with van der Waals surface area (Å²) in [6.45, 7) is 7.65. The van der Waals surface area contributed by atoms with E-state index in [1.165, 1.54) is 12.8 Å². The van der Waals surface area contributed by atoms with Crippen molar-refractivity contribution < 1.29 is 9.53 Å². The lowest BCUT2D eigenvalue weighted by Gasteiger charge is -2.29. The minimum absolute atomic E-state index is 0.0725. The van der Waals surface area contributed by atoms with Gasteiger partial charge in [0.2, 0.25) is 0 Å². The third-order valence-corrected chi connectivity index (χ3v) is 4.52. The molecular formula is C15H24IN3O2. The average molecular weight is 405 g/mol. The summed E-state index contributed by atoms with van der Waals surface area (Å²) in [5.41, 5.74) is 0.593. The van der Waals surface area contributed by atoms with Crippen molar-refractivity contribution in [3.8, 4) is 0 Å². The largest absolute Gasteiger partial charge is 0.444 e. The van der Waals surface area contributed by atoms with Crippen LogP contribution in [0.4, 0.5) is 4.79 Å². The topological polar surface area (TPSA) is 47.4 Å². The Kier molecular flexibility index (Phi) is 4.56. The van der Waals surface area contributed by atoms with Crippen LogP contribution in [0.15, 0.2) is 0 Å². The van der Waals surface area contributed by atoms with Crippen LogP contribution in [0.1, 0.15) is 64.0 Å². The van der Waals surface area contributed by atoms with E-state index in [4.69, 9.17) is 4.74 Å². The van der Waals surface area contributed by atoms with Gasteiger partial charge in [0.05, 0.1) is 11.7 Å². The zero-order chi connectivity index (χ0) is 15.9. The second-order valence-corrected chi connectivity index (χ2v) is 7.77. The first kappa shape index (κ1) is 16.6. The van der Waals surface area contributed by atoms with Crippen molar-refractivity contribution >= 4 is 28.7 Å². The van der Waals surface area contributed by atoms with E-state index in [0.717, 1.165) is 15.2 Å². The number of imidazole rings is 1. The van der Waals surface area contributed by atoms with Gasteiger partial charge in [0.1, 0.15) is 15.1 Å². The van der Waals surface area contributed by atoms with E-state index in [-0.39, 0.29) is 12.1 Å². The van der Waals surface area contributed by atoms with Crippen molar-refractivity contribution in [2.75, 3.05) is 7.05 Å². The summed E-state index contributed by atoms with van der Waals surface area (Å²) in [6.07, 6.45) is 2.13. The van der Waals surface area contributed by atoms with Gasteiger partial charge in [-0.05, 0) is 63.1 Å². The van der Waals surface area contributed by atoms with Gasteiger partial charge in [-0.25, -0.2) is 9.78 Å². The van der Waals surface area contributed by atoms with Gasteiger partial charge in [-0.1, -0.05) is 0 Å². The molecule has 1 atom stereocenters. The number of rotatable bonds is 3. The average Bonchev–Trinajstić information content (AvgIpc) is 3.12. The molecule has 0 N–H and O–H groups in total. The number of ether oxygens (including phenoxy) is 1. The normalized spacial score (nSPS) is 16.7. The number of carbonyl (C=O) groups is 1. The molecule has 1 aromatic heterocycles. The molecule has 5 nitrogen and oxygen atoms in total. The Morgan fingerprint density at radius 2 is 2.05 bits per heavy atom. The van der Waals surface area contributed by atoms with Crippen molar-refractivity contribution in [1.29, 1.82) is 0 Å². The van der Waals surface area contributed by atoms with E-state index in [9.17, 15) is 4.79 Å². The number of nitrogens with zero attached hydrogens (tertiary/aromatic N) is 3. The summed E-state index contributed by atoms with van der Waals surface area (Å²) in [4.78, 5) is 18.5. The Labute approximate surface area is 140 Å². The zero-order valence-corrected chi connectivity index (χ0v) is 15.8. The number of hydrogen-bond acceptors (Lipinski definition) is 3. The molecule has 1 aromatic rings. The highest BCUT2D eigenvalue weighted by Crippen LogP contribution is 2.41. The SMILES string of the molecule is CC(c1c(I)nc(C2CC2)n1C)N(C)C(=O)OC(C)(C)C. The molecule has 1 aliphatic carbocycles. The zero-order valence-electron chi connectivity index (χ0n) is 13.6. The molecule has 2 rings (SSSR count). The third-order valence-electron chi connectivity index (χ3n) is 3.73. The summed E-state index contributed by atoms with van der Waals surface area (Å²) in [7, 11) is 3.82. The summed E-state index contributed by atoms with van der Waals surface area (Å²) < 4.78 is 8.56. The lowest BCUT2D eigenvalue weighted by atomic mass is 10.2. The van der Waals surface area contributed by atoms with Gasteiger partial charge in [-0.2, -0.15) is 0 Å². The van der Waals surface area contributed by atoms with Gasteiger partial charge < -0.3 is 14.2 Å². The highest BCUT2D eigenvalue weighted by atomic mass is 127. The van der Waals surface area contributed by atoms with Gasteiger partial charge in [0, 0.05) is 20.0 Å². The number of hydrogen-bond donors (Lipinski definition) is 0. The van der Waals surface area contributed by atoms with Crippen molar-refractivity contribution in [3.63, 3.8) is 0 Å². The van der Waals surface area contributed by atoms with Gasteiger partial charge in [-0.3, -0.25) is 0 Å². The molecule has 0 aliphatic heterocycles. The van der Waals surface area contributed by atoms with Crippen LogP contribution in [0.3, 0.4) is 0 Å². The molecule has 1 aliphatic rings. The van der Waals surface area contributed by atoms with Gasteiger partial charge in [0.15, 0.2) is 0 Å².